The van der Waals surface area contributed by atoms with Crippen LogP contribution < -0.4 is 5.73 Å². The van der Waals surface area contributed by atoms with E-state index in [4.69, 9.17) is 15.9 Å². The highest BCUT2D eigenvalue weighted by Crippen LogP contribution is 2.18. The number of carboxylic acid groups (broad SMARTS) is 1. The highest BCUT2D eigenvalue weighted by Gasteiger charge is 2.13. The second-order valence-corrected chi connectivity index (χ2v) is 3.52. The summed E-state index contributed by atoms with van der Waals surface area (Å²) in [5.74, 6) is -1.38. The lowest BCUT2D eigenvalue weighted by molar-refractivity contribution is -0.138. The van der Waals surface area contributed by atoms with Crippen molar-refractivity contribution in [1.29, 1.82) is 0 Å². The number of hydrogen-bond acceptors (Lipinski definition) is 3. The Morgan fingerprint density at radius 1 is 1.33 bits per heavy atom. The summed E-state index contributed by atoms with van der Waals surface area (Å²) < 4.78 is 0. The lowest BCUT2D eigenvalue weighted by Gasteiger charge is -2.11. The summed E-state index contributed by atoms with van der Waals surface area (Å²) in [6.07, 6.45) is 0. The summed E-state index contributed by atoms with van der Waals surface area (Å²) >= 11 is 0. The minimum absolute atomic E-state index is 0.117. The first-order chi connectivity index (χ1) is 7.06. The Bertz CT molecular complexity index is 334. The van der Waals surface area contributed by atoms with Gasteiger partial charge in [-0.2, -0.15) is 0 Å². The summed E-state index contributed by atoms with van der Waals surface area (Å²) in [5, 5.41) is 17.6. The fraction of sp³-hybridized carbons (Fsp3) is 0.364. The van der Waals surface area contributed by atoms with Crippen LogP contribution in [0.15, 0.2) is 24.3 Å². The van der Waals surface area contributed by atoms with Crippen LogP contribution in [0.2, 0.25) is 0 Å². The van der Waals surface area contributed by atoms with Crippen molar-refractivity contribution in [2.45, 2.75) is 18.9 Å². The summed E-state index contributed by atoms with van der Waals surface area (Å²) in [7, 11) is 0. The van der Waals surface area contributed by atoms with E-state index < -0.39 is 17.9 Å². The van der Waals surface area contributed by atoms with Crippen molar-refractivity contribution in [3.05, 3.63) is 35.4 Å². The molecule has 1 rings (SSSR count). The molecule has 4 N–H and O–H groups in total. The number of rotatable bonds is 4. The molecule has 4 nitrogen and oxygen atoms in total. The molecule has 2 atom stereocenters. The van der Waals surface area contributed by atoms with E-state index in [1.807, 2.05) is 0 Å². The van der Waals surface area contributed by atoms with Gasteiger partial charge in [-0.1, -0.05) is 24.3 Å². The molecule has 0 heterocycles. The highest BCUT2D eigenvalue weighted by molar-refractivity contribution is 5.75. The molecule has 1 aromatic rings. The molecule has 0 saturated carbocycles. The summed E-state index contributed by atoms with van der Waals surface area (Å²) in [5.41, 5.74) is 7.15. The fourth-order valence-corrected chi connectivity index (χ4v) is 1.28. The van der Waals surface area contributed by atoms with Gasteiger partial charge in [-0.3, -0.25) is 4.79 Å². The largest absolute Gasteiger partial charge is 0.481 e. The van der Waals surface area contributed by atoms with E-state index in [0.29, 0.717) is 0 Å². The van der Waals surface area contributed by atoms with Gasteiger partial charge in [0.2, 0.25) is 0 Å². The number of aliphatic hydroxyl groups is 1. The summed E-state index contributed by atoms with van der Waals surface area (Å²) in [4.78, 5) is 10.7. The fourth-order valence-electron chi connectivity index (χ4n) is 1.28. The minimum Gasteiger partial charge on any atom is -0.481 e. The van der Waals surface area contributed by atoms with Crippen LogP contribution in [-0.2, 0) is 4.79 Å². The molecule has 0 aliphatic heterocycles. The Morgan fingerprint density at radius 3 is 2.20 bits per heavy atom. The molecule has 0 aromatic heterocycles. The third kappa shape index (κ3) is 2.78. The molecule has 0 fully saturated rings. The second-order valence-electron chi connectivity index (χ2n) is 3.52. The smallest absolute Gasteiger partial charge is 0.310 e. The molecule has 15 heavy (non-hydrogen) atoms. The van der Waals surface area contributed by atoms with Crippen LogP contribution in [0, 0.1) is 0 Å². The number of carbonyl (C=O) groups is 1. The van der Waals surface area contributed by atoms with Gasteiger partial charge in [-0.15, -0.1) is 0 Å². The highest BCUT2D eigenvalue weighted by atomic mass is 16.4. The van der Waals surface area contributed by atoms with Crippen LogP contribution >= 0.6 is 0 Å². The Balaban J connectivity index is 2.85. The van der Waals surface area contributed by atoms with Gasteiger partial charge in [0.15, 0.2) is 0 Å². The van der Waals surface area contributed by atoms with E-state index >= 15 is 0 Å². The first-order valence-electron chi connectivity index (χ1n) is 4.75. The molecule has 0 amide bonds. The predicted octanol–water partition coefficient (Wildman–Crippen LogP) is 0.867. The van der Waals surface area contributed by atoms with E-state index in [9.17, 15) is 4.79 Å². The monoisotopic (exact) mass is 209 g/mol. The SMILES string of the molecule is CC(C(=O)O)c1ccc(C(N)CO)cc1. The van der Waals surface area contributed by atoms with Crippen LogP contribution in [0.5, 0.6) is 0 Å². The van der Waals surface area contributed by atoms with Crippen molar-refractivity contribution in [1.82, 2.24) is 0 Å². The quantitative estimate of drug-likeness (QED) is 0.687. The summed E-state index contributed by atoms with van der Waals surface area (Å²) in [6.45, 7) is 1.51. The zero-order chi connectivity index (χ0) is 11.4. The maximum absolute atomic E-state index is 10.7. The van der Waals surface area contributed by atoms with E-state index in [0.717, 1.165) is 11.1 Å². The van der Waals surface area contributed by atoms with Gasteiger partial charge in [0.05, 0.1) is 18.6 Å². The number of benzene rings is 1. The van der Waals surface area contributed by atoms with E-state index in [-0.39, 0.29) is 6.61 Å². The molecule has 0 bridgehead atoms. The Hall–Kier alpha value is -1.39. The Morgan fingerprint density at radius 2 is 1.80 bits per heavy atom. The lowest BCUT2D eigenvalue weighted by atomic mass is 9.98. The average molecular weight is 209 g/mol. The van der Waals surface area contributed by atoms with E-state index in [2.05, 4.69) is 0 Å². The van der Waals surface area contributed by atoms with Crippen LogP contribution in [0.1, 0.15) is 30.0 Å². The van der Waals surface area contributed by atoms with Crippen LogP contribution in [0.3, 0.4) is 0 Å². The third-order valence-electron chi connectivity index (χ3n) is 2.43. The molecule has 1 aromatic carbocycles. The third-order valence-corrected chi connectivity index (χ3v) is 2.43. The predicted molar refractivity (Wildman–Crippen MR) is 56.5 cm³/mol. The molecule has 0 aliphatic rings. The lowest BCUT2D eigenvalue weighted by Crippen LogP contribution is -2.14. The Labute approximate surface area is 88.3 Å². The molecule has 82 valence electrons. The molecule has 0 spiro atoms. The average Bonchev–Trinajstić information content (AvgIpc) is 2.27. The molecule has 0 aliphatic carbocycles. The van der Waals surface area contributed by atoms with Crippen LogP contribution in [0.25, 0.3) is 0 Å². The molecule has 4 heteroatoms. The number of carboxylic acids is 1. The van der Waals surface area contributed by atoms with Crippen LogP contribution in [0.4, 0.5) is 0 Å². The maximum atomic E-state index is 10.7. The number of aliphatic carboxylic acids is 1. The van der Waals surface area contributed by atoms with Crippen molar-refractivity contribution < 1.29 is 15.0 Å². The van der Waals surface area contributed by atoms with Crippen molar-refractivity contribution >= 4 is 5.97 Å². The normalized spacial score (nSPS) is 14.6. The number of hydrogen-bond donors (Lipinski definition) is 3. The first-order valence-corrected chi connectivity index (χ1v) is 4.75. The Kier molecular flexibility index (Phi) is 3.82. The second kappa shape index (κ2) is 4.91. The van der Waals surface area contributed by atoms with Gasteiger partial charge < -0.3 is 15.9 Å². The molecule has 2 unspecified atom stereocenters. The summed E-state index contributed by atoms with van der Waals surface area (Å²) in [6, 6.07) is 6.54. The maximum Gasteiger partial charge on any atom is 0.310 e. The zero-order valence-electron chi connectivity index (χ0n) is 8.55. The topological polar surface area (TPSA) is 83.5 Å². The molecular formula is C11H15NO3. The van der Waals surface area contributed by atoms with Crippen molar-refractivity contribution in [3.63, 3.8) is 0 Å². The van der Waals surface area contributed by atoms with Gasteiger partial charge in [-0.25, -0.2) is 0 Å². The molecule has 0 radical (unpaired) electrons. The van der Waals surface area contributed by atoms with E-state index in [1.165, 1.54) is 0 Å². The van der Waals surface area contributed by atoms with Crippen LogP contribution in [-0.4, -0.2) is 22.8 Å². The molecule has 0 saturated heterocycles. The zero-order valence-corrected chi connectivity index (χ0v) is 8.55. The van der Waals surface area contributed by atoms with E-state index in [1.54, 1.807) is 31.2 Å². The minimum atomic E-state index is -0.853. The standard InChI is InChI=1S/C11H15NO3/c1-7(11(14)15)8-2-4-9(5-3-8)10(12)6-13/h2-5,7,10,13H,6,12H2,1H3,(H,14,15). The van der Waals surface area contributed by atoms with Gasteiger partial charge in [0.25, 0.3) is 0 Å². The van der Waals surface area contributed by atoms with Gasteiger partial charge in [0.1, 0.15) is 0 Å². The number of aliphatic hydroxyl groups excluding tert-OH is 1. The van der Waals surface area contributed by atoms with Crippen molar-refractivity contribution in [2.24, 2.45) is 5.73 Å². The van der Waals surface area contributed by atoms with Gasteiger partial charge >= 0.3 is 5.97 Å². The van der Waals surface area contributed by atoms with Gasteiger partial charge in [-0.05, 0) is 18.1 Å². The van der Waals surface area contributed by atoms with Crippen molar-refractivity contribution in [3.8, 4) is 0 Å². The molecular weight excluding hydrogens is 194 g/mol. The van der Waals surface area contributed by atoms with Crippen molar-refractivity contribution in [2.75, 3.05) is 6.61 Å². The number of nitrogens with two attached hydrogens (primary N) is 1. The first kappa shape index (κ1) is 11.7. The van der Waals surface area contributed by atoms with Gasteiger partial charge in [0, 0.05) is 0 Å².